The quantitative estimate of drug-likeness (QED) is 0.916. The van der Waals surface area contributed by atoms with Crippen molar-refractivity contribution in [3.63, 3.8) is 0 Å². The molecular weight excluding hydrogens is 278 g/mol. The summed E-state index contributed by atoms with van der Waals surface area (Å²) in [6.45, 7) is 2.15. The van der Waals surface area contributed by atoms with Crippen molar-refractivity contribution in [3.8, 4) is 5.75 Å². The van der Waals surface area contributed by atoms with Gasteiger partial charge in [-0.3, -0.25) is 0 Å². The molecule has 6 heteroatoms. The Morgan fingerprint density at radius 1 is 1.50 bits per heavy atom. The van der Waals surface area contributed by atoms with Gasteiger partial charge in [0.2, 0.25) is 11.7 Å². The predicted molar refractivity (Wildman–Crippen MR) is 74.7 cm³/mol. The van der Waals surface area contributed by atoms with E-state index in [2.05, 4.69) is 10.1 Å². The van der Waals surface area contributed by atoms with Crippen LogP contribution in [0, 0.1) is 0 Å². The smallest absolute Gasteiger partial charge is 0.229 e. The highest BCUT2D eigenvalue weighted by atomic mass is 35.5. The van der Waals surface area contributed by atoms with Crippen LogP contribution in [0.15, 0.2) is 22.7 Å². The van der Waals surface area contributed by atoms with Gasteiger partial charge in [0.1, 0.15) is 5.75 Å². The fraction of sp³-hybridized carbons (Fsp3) is 0.429. The molecule has 0 amide bonds. The first-order valence-electron chi connectivity index (χ1n) is 6.64. The summed E-state index contributed by atoms with van der Waals surface area (Å²) in [5, 5.41) is 4.56. The van der Waals surface area contributed by atoms with E-state index in [9.17, 15) is 0 Å². The predicted octanol–water partition coefficient (Wildman–Crippen LogP) is 3.20. The molecule has 1 saturated carbocycles. The summed E-state index contributed by atoms with van der Waals surface area (Å²) in [7, 11) is 0. The Bertz CT molecular complexity index is 608. The van der Waals surface area contributed by atoms with E-state index in [0.717, 1.165) is 18.4 Å². The van der Waals surface area contributed by atoms with Gasteiger partial charge in [-0.15, -0.1) is 0 Å². The van der Waals surface area contributed by atoms with Crippen molar-refractivity contribution in [2.24, 2.45) is 5.73 Å². The van der Waals surface area contributed by atoms with Crippen LogP contribution in [-0.4, -0.2) is 10.1 Å². The Balaban J connectivity index is 1.70. The summed E-state index contributed by atoms with van der Waals surface area (Å²) in [6, 6.07) is 5.24. The van der Waals surface area contributed by atoms with E-state index in [4.69, 9.17) is 26.6 Å². The minimum absolute atomic E-state index is 0.156. The van der Waals surface area contributed by atoms with Gasteiger partial charge in [-0.2, -0.15) is 4.98 Å². The van der Waals surface area contributed by atoms with Gasteiger partial charge in [0.15, 0.2) is 6.61 Å². The van der Waals surface area contributed by atoms with Crippen LogP contribution in [-0.2, 0) is 6.61 Å². The number of rotatable bonds is 5. The molecule has 2 aromatic rings. The van der Waals surface area contributed by atoms with Gasteiger partial charge in [-0.25, -0.2) is 0 Å². The number of hydrogen-bond donors (Lipinski definition) is 1. The van der Waals surface area contributed by atoms with E-state index in [0.29, 0.717) is 28.4 Å². The maximum atomic E-state index is 5.97. The standard InChI is InChI=1S/C14H16ClN3O2/c1-8(16)11-6-10(15)4-5-12(11)19-7-13-17-14(20-18-13)9-2-3-9/h4-6,8-9H,2-3,7,16H2,1H3/t8-/m1/s1. The lowest BCUT2D eigenvalue weighted by Crippen LogP contribution is -2.08. The van der Waals surface area contributed by atoms with Gasteiger partial charge in [-0.1, -0.05) is 16.8 Å². The van der Waals surface area contributed by atoms with Crippen molar-refractivity contribution in [1.29, 1.82) is 0 Å². The van der Waals surface area contributed by atoms with Gasteiger partial charge in [0.25, 0.3) is 0 Å². The average Bonchev–Trinajstić information content (AvgIpc) is 3.17. The molecule has 1 atom stereocenters. The monoisotopic (exact) mass is 293 g/mol. The Morgan fingerprint density at radius 2 is 2.30 bits per heavy atom. The number of benzene rings is 1. The molecule has 0 unspecified atom stereocenters. The molecule has 0 aliphatic heterocycles. The average molecular weight is 294 g/mol. The summed E-state index contributed by atoms with van der Waals surface area (Å²) in [5.41, 5.74) is 6.78. The molecule has 1 aliphatic rings. The van der Waals surface area contributed by atoms with Gasteiger partial charge in [0, 0.05) is 22.5 Å². The minimum atomic E-state index is -0.156. The Morgan fingerprint density at radius 3 is 3.00 bits per heavy atom. The van der Waals surface area contributed by atoms with Crippen LogP contribution in [0.2, 0.25) is 5.02 Å². The molecule has 1 fully saturated rings. The Hall–Kier alpha value is -1.59. The van der Waals surface area contributed by atoms with Crippen LogP contribution >= 0.6 is 11.6 Å². The molecule has 1 aromatic heterocycles. The van der Waals surface area contributed by atoms with Gasteiger partial charge < -0.3 is 15.0 Å². The topological polar surface area (TPSA) is 74.2 Å². The number of nitrogens with zero attached hydrogens (tertiary/aromatic N) is 2. The highest BCUT2D eigenvalue weighted by Crippen LogP contribution is 2.38. The lowest BCUT2D eigenvalue weighted by Gasteiger charge is -2.13. The second-order valence-electron chi connectivity index (χ2n) is 5.08. The molecule has 2 N–H and O–H groups in total. The van der Waals surface area contributed by atoms with Crippen molar-refractivity contribution < 1.29 is 9.26 Å². The van der Waals surface area contributed by atoms with Crippen LogP contribution in [0.1, 0.15) is 49.0 Å². The van der Waals surface area contributed by atoms with Crippen LogP contribution < -0.4 is 10.5 Å². The fourth-order valence-corrected chi connectivity index (χ4v) is 2.15. The minimum Gasteiger partial charge on any atom is -0.485 e. The molecule has 0 radical (unpaired) electrons. The normalized spacial score (nSPS) is 16.1. The number of nitrogens with two attached hydrogens (primary N) is 1. The summed E-state index contributed by atoms with van der Waals surface area (Å²) in [4.78, 5) is 4.32. The molecule has 3 rings (SSSR count). The van der Waals surface area contributed by atoms with E-state index in [-0.39, 0.29) is 12.6 Å². The summed E-state index contributed by atoms with van der Waals surface area (Å²) in [6.07, 6.45) is 2.27. The van der Waals surface area contributed by atoms with Crippen LogP contribution in [0.5, 0.6) is 5.75 Å². The third-order valence-electron chi connectivity index (χ3n) is 3.23. The van der Waals surface area contributed by atoms with Crippen molar-refractivity contribution in [1.82, 2.24) is 10.1 Å². The Kier molecular flexibility index (Phi) is 3.63. The summed E-state index contributed by atoms with van der Waals surface area (Å²) >= 11 is 5.97. The van der Waals surface area contributed by atoms with Crippen LogP contribution in [0.3, 0.4) is 0 Å². The van der Waals surface area contributed by atoms with E-state index in [1.54, 1.807) is 6.07 Å². The molecule has 5 nitrogen and oxygen atoms in total. The third-order valence-corrected chi connectivity index (χ3v) is 3.46. The molecule has 1 aliphatic carbocycles. The molecule has 20 heavy (non-hydrogen) atoms. The van der Waals surface area contributed by atoms with Crippen molar-refractivity contribution in [3.05, 3.63) is 40.5 Å². The lowest BCUT2D eigenvalue weighted by molar-refractivity contribution is 0.281. The zero-order valence-electron chi connectivity index (χ0n) is 11.2. The Labute approximate surface area is 122 Å². The van der Waals surface area contributed by atoms with E-state index < -0.39 is 0 Å². The van der Waals surface area contributed by atoms with E-state index in [1.165, 1.54) is 0 Å². The summed E-state index contributed by atoms with van der Waals surface area (Å²) < 4.78 is 10.9. The zero-order chi connectivity index (χ0) is 14.1. The maximum Gasteiger partial charge on any atom is 0.229 e. The lowest BCUT2D eigenvalue weighted by atomic mass is 10.1. The molecule has 1 heterocycles. The van der Waals surface area contributed by atoms with Crippen molar-refractivity contribution in [2.45, 2.75) is 38.3 Å². The van der Waals surface area contributed by atoms with Crippen molar-refractivity contribution >= 4 is 11.6 Å². The first-order valence-corrected chi connectivity index (χ1v) is 7.01. The molecule has 0 spiro atoms. The first-order chi connectivity index (χ1) is 9.63. The highest BCUT2D eigenvalue weighted by Gasteiger charge is 2.29. The maximum absolute atomic E-state index is 5.97. The third kappa shape index (κ3) is 2.94. The zero-order valence-corrected chi connectivity index (χ0v) is 11.9. The second kappa shape index (κ2) is 5.42. The molecule has 0 saturated heterocycles. The molecule has 106 valence electrons. The molecule has 0 bridgehead atoms. The van der Waals surface area contributed by atoms with Gasteiger partial charge in [0.05, 0.1) is 0 Å². The number of aromatic nitrogens is 2. The van der Waals surface area contributed by atoms with Gasteiger partial charge >= 0.3 is 0 Å². The van der Waals surface area contributed by atoms with Crippen molar-refractivity contribution in [2.75, 3.05) is 0 Å². The number of ether oxygens (including phenoxy) is 1. The number of hydrogen-bond acceptors (Lipinski definition) is 5. The molecule has 1 aromatic carbocycles. The van der Waals surface area contributed by atoms with E-state index >= 15 is 0 Å². The molecular formula is C14H16ClN3O2. The fourth-order valence-electron chi connectivity index (χ4n) is 1.97. The SMILES string of the molecule is C[C@@H](N)c1cc(Cl)ccc1OCc1noc(C2CC2)n1. The second-order valence-corrected chi connectivity index (χ2v) is 5.52. The summed E-state index contributed by atoms with van der Waals surface area (Å²) in [5.74, 6) is 2.41. The number of halogens is 1. The van der Waals surface area contributed by atoms with Crippen LogP contribution in [0.25, 0.3) is 0 Å². The first kappa shape index (κ1) is 13.4. The highest BCUT2D eigenvalue weighted by molar-refractivity contribution is 6.30. The van der Waals surface area contributed by atoms with Crippen LogP contribution in [0.4, 0.5) is 0 Å². The van der Waals surface area contributed by atoms with E-state index in [1.807, 2.05) is 19.1 Å². The van der Waals surface area contributed by atoms with Gasteiger partial charge in [-0.05, 0) is 38.0 Å². The largest absolute Gasteiger partial charge is 0.485 e.